The fourth-order valence-corrected chi connectivity index (χ4v) is 1.90. The molecule has 0 spiro atoms. The molecule has 4 heteroatoms. The molecule has 0 bridgehead atoms. The van der Waals surface area contributed by atoms with Crippen molar-refractivity contribution in [2.45, 2.75) is 39.0 Å². The van der Waals surface area contributed by atoms with Gasteiger partial charge >= 0.3 is 0 Å². The van der Waals surface area contributed by atoms with E-state index in [2.05, 4.69) is 11.8 Å². The molecule has 90 valence electrons. The van der Waals surface area contributed by atoms with E-state index in [0.717, 1.165) is 13.1 Å². The van der Waals surface area contributed by atoms with E-state index in [0.29, 0.717) is 19.1 Å². The Labute approximate surface area is 92.4 Å². The highest BCUT2D eigenvalue weighted by atomic mass is 16.5. The Hall–Kier alpha value is -0.160. The number of nitrogens with zero attached hydrogens (tertiary/aromatic N) is 1. The van der Waals surface area contributed by atoms with Crippen LogP contribution in [0.4, 0.5) is 0 Å². The van der Waals surface area contributed by atoms with E-state index in [9.17, 15) is 5.11 Å². The van der Waals surface area contributed by atoms with Gasteiger partial charge in [0.2, 0.25) is 0 Å². The third-order valence-corrected chi connectivity index (χ3v) is 2.84. The van der Waals surface area contributed by atoms with Crippen LogP contribution in [0.3, 0.4) is 0 Å². The topological polar surface area (TPSA) is 58.7 Å². The molecule has 1 aliphatic heterocycles. The van der Waals surface area contributed by atoms with Gasteiger partial charge in [0, 0.05) is 25.7 Å². The van der Waals surface area contributed by atoms with Crippen molar-refractivity contribution in [3.8, 4) is 0 Å². The molecule has 15 heavy (non-hydrogen) atoms. The van der Waals surface area contributed by atoms with E-state index >= 15 is 0 Å². The molecule has 0 aromatic rings. The first kappa shape index (κ1) is 12.9. The van der Waals surface area contributed by atoms with E-state index in [1.54, 1.807) is 0 Å². The fourth-order valence-electron chi connectivity index (χ4n) is 1.90. The predicted molar refractivity (Wildman–Crippen MR) is 60.7 cm³/mol. The maximum atomic E-state index is 9.72. The SMILES string of the molecule is CC(C)OCC(O)CN1CC(C)C(N)C1. The summed E-state index contributed by atoms with van der Waals surface area (Å²) in [5.74, 6) is 0.531. The lowest BCUT2D eigenvalue weighted by atomic mass is 10.1. The third-order valence-electron chi connectivity index (χ3n) is 2.84. The molecular weight excluding hydrogens is 192 g/mol. The monoisotopic (exact) mass is 216 g/mol. The minimum absolute atomic E-state index is 0.180. The number of aliphatic hydroxyl groups is 1. The molecule has 1 saturated heterocycles. The van der Waals surface area contributed by atoms with Crippen LogP contribution in [-0.4, -0.2) is 54.5 Å². The molecule has 3 atom stereocenters. The molecule has 0 aromatic heterocycles. The number of rotatable bonds is 5. The van der Waals surface area contributed by atoms with Crippen molar-refractivity contribution >= 4 is 0 Å². The molecule has 0 radical (unpaired) electrons. The van der Waals surface area contributed by atoms with Gasteiger partial charge in [0.25, 0.3) is 0 Å². The average molecular weight is 216 g/mol. The molecule has 0 saturated carbocycles. The second-order valence-electron chi connectivity index (χ2n) is 4.90. The molecule has 4 nitrogen and oxygen atoms in total. The minimum Gasteiger partial charge on any atom is -0.389 e. The first-order valence-electron chi connectivity index (χ1n) is 5.76. The predicted octanol–water partition coefficient (Wildman–Crippen LogP) is 0.0513. The number of likely N-dealkylation sites (tertiary alicyclic amines) is 1. The molecule has 3 N–H and O–H groups in total. The maximum Gasteiger partial charge on any atom is 0.0900 e. The lowest BCUT2D eigenvalue weighted by Gasteiger charge is -2.20. The van der Waals surface area contributed by atoms with Crippen LogP contribution in [-0.2, 0) is 4.74 Å². The van der Waals surface area contributed by atoms with Crippen LogP contribution >= 0.6 is 0 Å². The number of nitrogens with two attached hydrogens (primary N) is 1. The summed E-state index contributed by atoms with van der Waals surface area (Å²) in [6, 6.07) is 0.253. The first-order valence-corrected chi connectivity index (χ1v) is 5.76. The van der Waals surface area contributed by atoms with Gasteiger partial charge in [-0.3, -0.25) is 4.90 Å². The van der Waals surface area contributed by atoms with Crippen LogP contribution in [0, 0.1) is 5.92 Å². The smallest absolute Gasteiger partial charge is 0.0900 e. The lowest BCUT2D eigenvalue weighted by molar-refractivity contribution is -0.00619. The van der Waals surface area contributed by atoms with Gasteiger partial charge in [-0.2, -0.15) is 0 Å². The van der Waals surface area contributed by atoms with Gasteiger partial charge in [0.05, 0.1) is 18.8 Å². The van der Waals surface area contributed by atoms with Gasteiger partial charge in [0.1, 0.15) is 0 Å². The van der Waals surface area contributed by atoms with Gasteiger partial charge in [-0.25, -0.2) is 0 Å². The summed E-state index contributed by atoms with van der Waals surface area (Å²) >= 11 is 0. The van der Waals surface area contributed by atoms with Gasteiger partial charge < -0.3 is 15.6 Å². The number of hydrogen-bond acceptors (Lipinski definition) is 4. The molecule has 3 unspecified atom stereocenters. The summed E-state index contributed by atoms with van der Waals surface area (Å²) in [5.41, 5.74) is 5.91. The van der Waals surface area contributed by atoms with Gasteiger partial charge in [-0.15, -0.1) is 0 Å². The molecule has 0 aromatic carbocycles. The Morgan fingerprint density at radius 3 is 2.60 bits per heavy atom. The Morgan fingerprint density at radius 2 is 2.13 bits per heavy atom. The second kappa shape index (κ2) is 5.80. The Balaban J connectivity index is 2.18. The average Bonchev–Trinajstić information content (AvgIpc) is 2.42. The summed E-state index contributed by atoms with van der Waals surface area (Å²) in [4.78, 5) is 2.21. The number of aliphatic hydroxyl groups excluding tert-OH is 1. The van der Waals surface area contributed by atoms with E-state index in [1.165, 1.54) is 0 Å². The van der Waals surface area contributed by atoms with Crippen molar-refractivity contribution < 1.29 is 9.84 Å². The zero-order valence-corrected chi connectivity index (χ0v) is 10.0. The normalized spacial score (nSPS) is 30.0. The highest BCUT2D eigenvalue weighted by Crippen LogP contribution is 2.14. The highest BCUT2D eigenvalue weighted by molar-refractivity contribution is 4.84. The van der Waals surface area contributed by atoms with Crippen molar-refractivity contribution in [2.75, 3.05) is 26.2 Å². The summed E-state index contributed by atoms with van der Waals surface area (Å²) in [5, 5.41) is 9.72. The van der Waals surface area contributed by atoms with Gasteiger partial charge in [-0.05, 0) is 19.8 Å². The third kappa shape index (κ3) is 4.47. The Morgan fingerprint density at radius 1 is 1.47 bits per heavy atom. The Kier molecular flexibility index (Phi) is 4.99. The van der Waals surface area contributed by atoms with Gasteiger partial charge in [-0.1, -0.05) is 6.92 Å². The molecule has 1 fully saturated rings. The molecule has 1 aliphatic rings. The molecule has 1 rings (SSSR count). The van der Waals surface area contributed by atoms with E-state index in [-0.39, 0.29) is 12.1 Å². The fraction of sp³-hybridized carbons (Fsp3) is 1.00. The zero-order valence-electron chi connectivity index (χ0n) is 10.0. The van der Waals surface area contributed by atoms with Crippen LogP contribution in [0.2, 0.25) is 0 Å². The van der Waals surface area contributed by atoms with Crippen LogP contribution < -0.4 is 5.73 Å². The standard InChI is InChI=1S/C11H24N2O2/c1-8(2)15-7-10(14)5-13-4-9(3)11(12)6-13/h8-11,14H,4-7,12H2,1-3H3. The van der Waals surface area contributed by atoms with Crippen molar-refractivity contribution in [3.63, 3.8) is 0 Å². The first-order chi connectivity index (χ1) is 6.99. The number of hydrogen-bond donors (Lipinski definition) is 2. The number of ether oxygens (including phenoxy) is 1. The van der Waals surface area contributed by atoms with Crippen LogP contribution in [0.1, 0.15) is 20.8 Å². The van der Waals surface area contributed by atoms with E-state index in [1.807, 2.05) is 13.8 Å². The van der Waals surface area contributed by atoms with E-state index in [4.69, 9.17) is 10.5 Å². The zero-order chi connectivity index (χ0) is 11.4. The molecule has 1 heterocycles. The van der Waals surface area contributed by atoms with Crippen molar-refractivity contribution in [3.05, 3.63) is 0 Å². The van der Waals surface area contributed by atoms with Gasteiger partial charge in [0.15, 0.2) is 0 Å². The van der Waals surface area contributed by atoms with Crippen molar-refractivity contribution in [1.29, 1.82) is 0 Å². The van der Waals surface area contributed by atoms with Crippen LogP contribution in [0.15, 0.2) is 0 Å². The summed E-state index contributed by atoms with van der Waals surface area (Å²) in [6.45, 7) is 9.06. The molecular formula is C11H24N2O2. The second-order valence-corrected chi connectivity index (χ2v) is 4.90. The summed E-state index contributed by atoms with van der Waals surface area (Å²) in [6.07, 6.45) is -0.218. The maximum absolute atomic E-state index is 9.72. The Bertz CT molecular complexity index is 177. The van der Waals surface area contributed by atoms with E-state index < -0.39 is 6.10 Å². The number of β-amino-alcohol motifs (C(OH)–C–C–N with tert-alkyl or cyclic N) is 1. The quantitative estimate of drug-likeness (QED) is 0.682. The molecule has 0 aliphatic carbocycles. The lowest BCUT2D eigenvalue weighted by Crippen LogP contribution is -2.35. The van der Waals surface area contributed by atoms with Crippen LogP contribution in [0.25, 0.3) is 0 Å². The summed E-state index contributed by atoms with van der Waals surface area (Å²) in [7, 11) is 0. The highest BCUT2D eigenvalue weighted by Gasteiger charge is 2.27. The largest absolute Gasteiger partial charge is 0.389 e. The minimum atomic E-state index is -0.398. The summed E-state index contributed by atoms with van der Waals surface area (Å²) < 4.78 is 5.36. The van der Waals surface area contributed by atoms with Crippen molar-refractivity contribution in [1.82, 2.24) is 4.90 Å². The van der Waals surface area contributed by atoms with Crippen LogP contribution in [0.5, 0.6) is 0 Å². The van der Waals surface area contributed by atoms with Crippen molar-refractivity contribution in [2.24, 2.45) is 11.7 Å². The molecule has 0 amide bonds.